The van der Waals surface area contributed by atoms with Gasteiger partial charge in [0.25, 0.3) is 5.91 Å². The zero-order chi connectivity index (χ0) is 18.7. The lowest BCUT2D eigenvalue weighted by molar-refractivity contribution is -0.929. The van der Waals surface area contributed by atoms with Gasteiger partial charge in [0.05, 0.1) is 13.2 Å². The van der Waals surface area contributed by atoms with Crippen LogP contribution in [0.5, 0.6) is 0 Å². The Morgan fingerprint density at radius 1 is 1.31 bits per heavy atom. The van der Waals surface area contributed by atoms with E-state index in [0.29, 0.717) is 27.5 Å². The number of quaternary nitrogens is 1. The van der Waals surface area contributed by atoms with Gasteiger partial charge in [0.15, 0.2) is 0 Å². The number of carbonyl (C=O) groups excluding carboxylic acids is 2. The molecule has 1 aromatic heterocycles. The summed E-state index contributed by atoms with van der Waals surface area (Å²) in [5, 5.41) is 2.98. The lowest BCUT2D eigenvalue weighted by Gasteiger charge is -2.26. The van der Waals surface area contributed by atoms with Crippen molar-refractivity contribution in [2.45, 2.75) is 26.4 Å². The number of hydrogen-bond donors (Lipinski definition) is 3. The van der Waals surface area contributed by atoms with Crippen molar-refractivity contribution in [3.8, 4) is 0 Å². The zero-order valence-electron chi connectivity index (χ0n) is 15.1. The molecule has 0 spiro atoms. The van der Waals surface area contributed by atoms with Crippen molar-refractivity contribution in [2.75, 3.05) is 25.9 Å². The number of esters is 1. The number of hydrogen-bond acceptors (Lipinski definition) is 5. The fourth-order valence-electron chi connectivity index (χ4n) is 3.42. The Morgan fingerprint density at radius 2 is 2.04 bits per heavy atom. The van der Waals surface area contributed by atoms with Crippen LogP contribution in [-0.2, 0) is 24.2 Å². The van der Waals surface area contributed by atoms with Gasteiger partial charge in [-0.15, -0.1) is 11.3 Å². The van der Waals surface area contributed by atoms with Crippen molar-refractivity contribution < 1.29 is 19.2 Å². The van der Waals surface area contributed by atoms with E-state index < -0.39 is 5.97 Å². The van der Waals surface area contributed by atoms with E-state index in [1.807, 2.05) is 6.07 Å². The highest BCUT2D eigenvalue weighted by molar-refractivity contribution is 7.18. The summed E-state index contributed by atoms with van der Waals surface area (Å²) in [5.41, 5.74) is 9.81. The van der Waals surface area contributed by atoms with Crippen LogP contribution in [0.2, 0.25) is 0 Å². The lowest BCUT2D eigenvalue weighted by Crippen LogP contribution is -3.10. The van der Waals surface area contributed by atoms with Gasteiger partial charge in [0.2, 0.25) is 0 Å². The van der Waals surface area contributed by atoms with Crippen molar-refractivity contribution in [1.29, 1.82) is 0 Å². The van der Waals surface area contributed by atoms with Gasteiger partial charge in [-0.05, 0) is 12.5 Å². The van der Waals surface area contributed by atoms with Crippen molar-refractivity contribution in [1.82, 2.24) is 5.32 Å². The Bertz CT molecular complexity index is 831. The van der Waals surface area contributed by atoms with Gasteiger partial charge in [-0.3, -0.25) is 4.79 Å². The minimum absolute atomic E-state index is 0.218. The van der Waals surface area contributed by atoms with Gasteiger partial charge in [-0.2, -0.15) is 0 Å². The van der Waals surface area contributed by atoms with Gasteiger partial charge < -0.3 is 20.7 Å². The second kappa shape index (κ2) is 7.88. The van der Waals surface area contributed by atoms with Crippen LogP contribution in [0.15, 0.2) is 24.3 Å². The second-order valence-electron chi connectivity index (χ2n) is 6.32. The average molecular weight is 374 g/mol. The van der Waals surface area contributed by atoms with Crippen LogP contribution >= 0.6 is 11.3 Å². The van der Waals surface area contributed by atoms with E-state index in [-0.39, 0.29) is 12.5 Å². The summed E-state index contributed by atoms with van der Waals surface area (Å²) < 4.78 is 5.17. The molecule has 0 radical (unpaired) electrons. The van der Waals surface area contributed by atoms with Crippen LogP contribution in [0.1, 0.15) is 43.6 Å². The molecule has 0 saturated carbocycles. The van der Waals surface area contributed by atoms with Crippen molar-refractivity contribution in [3.05, 3.63) is 51.4 Å². The minimum atomic E-state index is -0.455. The molecule has 6 nitrogen and oxygen atoms in total. The number of nitrogens with one attached hydrogen (secondary N) is 2. The normalized spacial score (nSPS) is 16.0. The largest absolute Gasteiger partial charge is 0.462 e. The molecular formula is C19H24N3O3S+. The number of anilines is 1. The number of rotatable bonds is 5. The first-order chi connectivity index (χ1) is 12.5. The molecule has 2 aromatic rings. The lowest BCUT2D eigenvalue weighted by atomic mass is 9.99. The van der Waals surface area contributed by atoms with E-state index in [1.54, 1.807) is 14.0 Å². The number of carbonyl (C=O) groups is 2. The average Bonchev–Trinajstić information content (AvgIpc) is 2.97. The summed E-state index contributed by atoms with van der Waals surface area (Å²) in [6.07, 6.45) is 0.981. The third-order valence-electron chi connectivity index (χ3n) is 4.68. The highest BCUT2D eigenvalue weighted by Gasteiger charge is 2.30. The summed E-state index contributed by atoms with van der Waals surface area (Å²) in [7, 11) is 1.58. The number of nitrogen functional groups attached to an aromatic ring is 1. The van der Waals surface area contributed by atoms with Crippen molar-refractivity contribution in [2.24, 2.45) is 0 Å². The summed E-state index contributed by atoms with van der Waals surface area (Å²) >= 11 is 1.15. The first kappa shape index (κ1) is 18.4. The summed E-state index contributed by atoms with van der Waals surface area (Å²) in [4.78, 5) is 26.5. The van der Waals surface area contributed by atoms with Crippen LogP contribution in [0, 0.1) is 0 Å². The number of ether oxygens (including phenoxy) is 1. The van der Waals surface area contributed by atoms with Crippen LogP contribution in [0.4, 0.5) is 5.00 Å². The molecule has 2 heterocycles. The van der Waals surface area contributed by atoms with E-state index >= 15 is 0 Å². The standard InChI is InChI=1S/C19H23N3O3S/c1-3-25-19(24)15-14(16(18(23)21-2)26-17(15)20)11-22-9-8-12-6-4-5-7-13(12)10-22/h4-7H,3,8-11,20H2,1-2H3,(H,21,23)/p+1. The molecule has 0 fully saturated rings. The Morgan fingerprint density at radius 3 is 2.73 bits per heavy atom. The number of nitrogens with two attached hydrogens (primary N) is 1. The molecule has 0 saturated heterocycles. The molecule has 1 aromatic carbocycles. The van der Waals surface area contributed by atoms with Crippen molar-refractivity contribution in [3.63, 3.8) is 0 Å². The molecule has 0 bridgehead atoms. The predicted octanol–water partition coefficient (Wildman–Crippen LogP) is 1.01. The Kier molecular flexibility index (Phi) is 5.58. The first-order valence-electron chi connectivity index (χ1n) is 8.75. The van der Waals surface area contributed by atoms with Crippen LogP contribution in [0.25, 0.3) is 0 Å². The molecule has 1 atom stereocenters. The van der Waals surface area contributed by atoms with E-state index in [2.05, 4.69) is 23.5 Å². The maximum Gasteiger partial charge on any atom is 0.341 e. The molecule has 7 heteroatoms. The van der Waals surface area contributed by atoms with Gasteiger partial charge in [0.1, 0.15) is 28.5 Å². The smallest absolute Gasteiger partial charge is 0.341 e. The zero-order valence-corrected chi connectivity index (χ0v) is 15.9. The van der Waals surface area contributed by atoms with E-state index in [4.69, 9.17) is 10.5 Å². The minimum Gasteiger partial charge on any atom is -0.462 e. The summed E-state index contributed by atoms with van der Waals surface area (Å²) in [5.74, 6) is -0.674. The molecule has 1 aliphatic heterocycles. The van der Waals surface area contributed by atoms with Gasteiger partial charge >= 0.3 is 5.97 Å². The third-order valence-corrected chi connectivity index (χ3v) is 5.74. The third kappa shape index (κ3) is 3.59. The molecule has 1 aliphatic rings. The maximum atomic E-state index is 12.4. The van der Waals surface area contributed by atoms with Crippen LogP contribution in [-0.4, -0.2) is 32.1 Å². The Hall–Kier alpha value is -2.38. The monoisotopic (exact) mass is 374 g/mol. The first-order valence-corrected chi connectivity index (χ1v) is 9.57. The molecule has 0 aliphatic carbocycles. The number of amides is 1. The van der Waals surface area contributed by atoms with Gasteiger partial charge in [-0.1, -0.05) is 24.3 Å². The van der Waals surface area contributed by atoms with E-state index in [0.717, 1.165) is 30.8 Å². The fourth-order valence-corrected chi connectivity index (χ4v) is 4.44. The van der Waals surface area contributed by atoms with Crippen LogP contribution < -0.4 is 16.0 Å². The van der Waals surface area contributed by atoms with Gasteiger partial charge in [-0.25, -0.2) is 4.79 Å². The summed E-state index contributed by atoms with van der Waals surface area (Å²) in [6.45, 7) is 4.40. The molecule has 26 heavy (non-hydrogen) atoms. The quantitative estimate of drug-likeness (QED) is 0.682. The molecular weight excluding hydrogens is 350 g/mol. The number of benzene rings is 1. The maximum absolute atomic E-state index is 12.4. The van der Waals surface area contributed by atoms with Gasteiger partial charge in [0, 0.05) is 24.6 Å². The van der Waals surface area contributed by atoms with Crippen molar-refractivity contribution >= 4 is 28.2 Å². The number of fused-ring (bicyclic) bond motifs is 1. The predicted molar refractivity (Wildman–Crippen MR) is 101 cm³/mol. The molecule has 3 rings (SSSR count). The fraction of sp³-hybridized carbons (Fsp3) is 0.368. The summed E-state index contributed by atoms with van der Waals surface area (Å²) in [6, 6.07) is 8.41. The highest BCUT2D eigenvalue weighted by atomic mass is 32.1. The SMILES string of the molecule is CCOC(=O)c1c(N)sc(C(=O)NC)c1C[NH+]1CCc2ccccc2C1. The molecule has 1 amide bonds. The molecule has 1 unspecified atom stereocenters. The number of thiophene rings is 1. The highest BCUT2D eigenvalue weighted by Crippen LogP contribution is 2.31. The topological polar surface area (TPSA) is 85.9 Å². The second-order valence-corrected chi connectivity index (χ2v) is 7.37. The van der Waals surface area contributed by atoms with Crippen LogP contribution in [0.3, 0.4) is 0 Å². The Labute approximate surface area is 156 Å². The molecule has 4 N–H and O–H groups in total. The Balaban J connectivity index is 1.93. The van der Waals surface area contributed by atoms with E-state index in [1.165, 1.54) is 16.0 Å². The molecule has 138 valence electrons. The van der Waals surface area contributed by atoms with E-state index in [9.17, 15) is 9.59 Å².